The summed E-state index contributed by atoms with van der Waals surface area (Å²) in [4.78, 5) is 28.1. The van der Waals surface area contributed by atoms with Crippen molar-refractivity contribution in [2.45, 2.75) is 36.6 Å². The Bertz CT molecular complexity index is 778. The second-order valence-corrected chi connectivity index (χ2v) is 9.62. The smallest absolute Gasteiger partial charge is 0.223 e. The highest BCUT2D eigenvalue weighted by atomic mass is 32.2. The van der Waals surface area contributed by atoms with Crippen LogP contribution in [0.3, 0.4) is 0 Å². The van der Waals surface area contributed by atoms with Crippen molar-refractivity contribution in [3.8, 4) is 0 Å². The topological polar surface area (TPSA) is 74.8 Å². The monoisotopic (exact) mass is 378 g/mol. The van der Waals surface area contributed by atoms with E-state index >= 15 is 0 Å². The number of amides is 2. The third-order valence-corrected chi connectivity index (χ3v) is 7.55. The molecule has 7 heteroatoms. The van der Waals surface area contributed by atoms with Crippen molar-refractivity contribution >= 4 is 21.7 Å². The van der Waals surface area contributed by atoms with Crippen LogP contribution in [0.1, 0.15) is 25.7 Å². The highest BCUT2D eigenvalue weighted by molar-refractivity contribution is 7.91. The first kappa shape index (κ1) is 18.9. The predicted octanol–water partition coefficient (Wildman–Crippen LogP) is 1.57. The summed E-state index contributed by atoms with van der Waals surface area (Å²) in [6.45, 7) is 0.754. The van der Waals surface area contributed by atoms with Crippen molar-refractivity contribution < 1.29 is 18.0 Å². The van der Waals surface area contributed by atoms with Crippen LogP contribution in [-0.2, 0) is 19.4 Å². The standard InChI is InChI=1S/C19H26N2O4S/c1-20-13-15-11-16(10-14(15)12-19(20)23)21(2)18(22)8-9-26(24,25)17-6-4-3-5-7-17/h3-7,14-16H,8-13H2,1-2H3/t14-,15+,16-/m1/s1. The lowest BCUT2D eigenvalue weighted by molar-refractivity contribution is -0.135. The number of hydrogen-bond donors (Lipinski definition) is 0. The van der Waals surface area contributed by atoms with Crippen LogP contribution in [-0.4, -0.2) is 62.5 Å². The molecule has 3 atom stereocenters. The van der Waals surface area contributed by atoms with Crippen molar-refractivity contribution in [2.75, 3.05) is 26.4 Å². The Morgan fingerprint density at radius 1 is 1.19 bits per heavy atom. The molecule has 1 aliphatic heterocycles. The number of sulfone groups is 1. The van der Waals surface area contributed by atoms with E-state index in [1.165, 1.54) is 0 Å². The van der Waals surface area contributed by atoms with Gasteiger partial charge in [0.25, 0.3) is 0 Å². The Kier molecular flexibility index (Phi) is 5.37. The molecule has 2 amide bonds. The number of hydrogen-bond acceptors (Lipinski definition) is 4. The summed E-state index contributed by atoms with van der Waals surface area (Å²) in [6.07, 6.45) is 2.26. The molecule has 0 aromatic heterocycles. The Morgan fingerprint density at radius 2 is 1.85 bits per heavy atom. The van der Waals surface area contributed by atoms with Crippen LogP contribution in [0.25, 0.3) is 0 Å². The van der Waals surface area contributed by atoms with E-state index in [2.05, 4.69) is 0 Å². The largest absolute Gasteiger partial charge is 0.345 e. The lowest BCUT2D eigenvalue weighted by Gasteiger charge is -2.31. The fourth-order valence-corrected chi connectivity index (χ4v) is 5.40. The fraction of sp³-hybridized carbons (Fsp3) is 0.579. The summed E-state index contributed by atoms with van der Waals surface area (Å²) in [7, 11) is 0.137. The number of carbonyl (C=O) groups excluding carboxylic acids is 2. The Labute approximate surface area is 155 Å². The molecule has 2 fully saturated rings. The molecule has 0 radical (unpaired) electrons. The molecule has 6 nitrogen and oxygen atoms in total. The number of carbonyl (C=O) groups is 2. The molecular formula is C19H26N2O4S. The SMILES string of the molecule is CN1C[C@@H]2C[C@H](N(C)C(=O)CCS(=O)(=O)c3ccccc3)C[C@@H]2CC1=O. The molecule has 1 saturated heterocycles. The van der Waals surface area contributed by atoms with E-state index in [4.69, 9.17) is 0 Å². The summed E-state index contributed by atoms with van der Waals surface area (Å²) in [5, 5.41) is 0. The average Bonchev–Trinajstić information content (AvgIpc) is 3.03. The highest BCUT2D eigenvalue weighted by Gasteiger charge is 2.42. The molecule has 1 aromatic carbocycles. The van der Waals surface area contributed by atoms with Crippen LogP contribution < -0.4 is 0 Å². The third kappa shape index (κ3) is 3.92. The van der Waals surface area contributed by atoms with Gasteiger partial charge in [0.1, 0.15) is 0 Å². The van der Waals surface area contributed by atoms with Crippen LogP contribution >= 0.6 is 0 Å². The molecule has 2 aliphatic rings. The number of rotatable bonds is 5. The molecule has 0 unspecified atom stereocenters. The van der Waals surface area contributed by atoms with Gasteiger partial charge in [-0.15, -0.1) is 0 Å². The minimum Gasteiger partial charge on any atom is -0.345 e. The van der Waals surface area contributed by atoms with Gasteiger partial charge in [-0.1, -0.05) is 18.2 Å². The van der Waals surface area contributed by atoms with Crippen LogP contribution in [0, 0.1) is 11.8 Å². The minimum atomic E-state index is -3.45. The zero-order chi connectivity index (χ0) is 18.9. The van der Waals surface area contributed by atoms with Gasteiger partial charge in [-0.2, -0.15) is 0 Å². The Hall–Kier alpha value is -1.89. The Morgan fingerprint density at radius 3 is 2.54 bits per heavy atom. The van der Waals surface area contributed by atoms with Crippen LogP contribution in [0.15, 0.2) is 35.2 Å². The van der Waals surface area contributed by atoms with Crippen LogP contribution in [0.2, 0.25) is 0 Å². The van der Waals surface area contributed by atoms with Crippen molar-refractivity contribution in [1.29, 1.82) is 0 Å². The number of fused-ring (bicyclic) bond motifs is 1. The Balaban J connectivity index is 1.56. The number of likely N-dealkylation sites (tertiary alicyclic amines) is 1. The molecule has 0 spiro atoms. The van der Waals surface area contributed by atoms with Gasteiger partial charge in [-0.05, 0) is 36.8 Å². The molecule has 3 rings (SSSR count). The van der Waals surface area contributed by atoms with Gasteiger partial charge in [0.05, 0.1) is 10.6 Å². The zero-order valence-corrected chi connectivity index (χ0v) is 16.1. The molecule has 26 heavy (non-hydrogen) atoms. The first-order valence-electron chi connectivity index (χ1n) is 9.05. The van der Waals surface area contributed by atoms with Gasteiger partial charge in [-0.25, -0.2) is 8.42 Å². The molecule has 1 aromatic rings. The second-order valence-electron chi connectivity index (χ2n) is 7.51. The lowest BCUT2D eigenvalue weighted by atomic mass is 9.88. The molecular weight excluding hydrogens is 352 g/mol. The summed E-state index contributed by atoms with van der Waals surface area (Å²) in [6, 6.07) is 8.33. The average molecular weight is 378 g/mol. The molecule has 1 saturated carbocycles. The van der Waals surface area contributed by atoms with Crippen molar-refractivity contribution in [3.63, 3.8) is 0 Å². The summed E-state index contributed by atoms with van der Waals surface area (Å²) >= 11 is 0. The van der Waals surface area contributed by atoms with E-state index < -0.39 is 9.84 Å². The number of benzene rings is 1. The first-order valence-corrected chi connectivity index (χ1v) is 10.7. The van der Waals surface area contributed by atoms with E-state index in [-0.39, 0.29) is 34.9 Å². The van der Waals surface area contributed by atoms with Crippen molar-refractivity contribution in [2.24, 2.45) is 11.8 Å². The maximum absolute atomic E-state index is 12.5. The summed E-state index contributed by atoms with van der Waals surface area (Å²) in [5.74, 6) is 0.627. The summed E-state index contributed by atoms with van der Waals surface area (Å²) in [5.41, 5.74) is 0. The lowest BCUT2D eigenvalue weighted by Crippen LogP contribution is -2.40. The van der Waals surface area contributed by atoms with Crippen LogP contribution in [0.4, 0.5) is 0 Å². The normalized spacial score (nSPS) is 25.8. The van der Waals surface area contributed by atoms with Gasteiger partial charge >= 0.3 is 0 Å². The molecule has 1 aliphatic carbocycles. The predicted molar refractivity (Wildman–Crippen MR) is 98.1 cm³/mol. The zero-order valence-electron chi connectivity index (χ0n) is 15.3. The maximum atomic E-state index is 12.5. The minimum absolute atomic E-state index is 0.0155. The van der Waals surface area contributed by atoms with Gasteiger partial charge in [0.15, 0.2) is 9.84 Å². The van der Waals surface area contributed by atoms with Gasteiger partial charge in [0, 0.05) is 39.5 Å². The van der Waals surface area contributed by atoms with Gasteiger partial charge < -0.3 is 9.80 Å². The van der Waals surface area contributed by atoms with E-state index in [0.717, 1.165) is 19.4 Å². The molecule has 0 N–H and O–H groups in total. The third-order valence-electron chi connectivity index (χ3n) is 5.82. The first-order chi connectivity index (χ1) is 12.3. The second kappa shape index (κ2) is 7.39. The number of piperidine rings is 1. The molecule has 1 heterocycles. The van der Waals surface area contributed by atoms with E-state index in [9.17, 15) is 18.0 Å². The fourth-order valence-electron chi connectivity index (χ4n) is 4.15. The van der Waals surface area contributed by atoms with Gasteiger partial charge in [0.2, 0.25) is 11.8 Å². The van der Waals surface area contributed by atoms with E-state index in [1.54, 1.807) is 47.2 Å². The molecule has 142 valence electrons. The van der Waals surface area contributed by atoms with E-state index in [1.807, 2.05) is 7.05 Å². The number of nitrogens with zero attached hydrogens (tertiary/aromatic N) is 2. The highest BCUT2D eigenvalue weighted by Crippen LogP contribution is 2.40. The van der Waals surface area contributed by atoms with Gasteiger partial charge in [-0.3, -0.25) is 9.59 Å². The molecule has 0 bridgehead atoms. The maximum Gasteiger partial charge on any atom is 0.223 e. The summed E-state index contributed by atoms with van der Waals surface area (Å²) < 4.78 is 24.7. The van der Waals surface area contributed by atoms with Crippen molar-refractivity contribution in [1.82, 2.24) is 9.80 Å². The van der Waals surface area contributed by atoms with E-state index in [0.29, 0.717) is 18.3 Å². The quantitative estimate of drug-likeness (QED) is 0.779. The van der Waals surface area contributed by atoms with Crippen molar-refractivity contribution in [3.05, 3.63) is 30.3 Å². The van der Waals surface area contributed by atoms with Crippen LogP contribution in [0.5, 0.6) is 0 Å².